The molecule has 8 heteroatoms. The zero-order valence-electron chi connectivity index (χ0n) is 17.3. The number of hydrogen-bond donors (Lipinski definition) is 3. The number of anilines is 1. The summed E-state index contributed by atoms with van der Waals surface area (Å²) in [7, 11) is 6.11. The maximum absolute atomic E-state index is 11.2. The van der Waals surface area contributed by atoms with E-state index in [4.69, 9.17) is 24.1 Å². The van der Waals surface area contributed by atoms with E-state index in [9.17, 15) is 9.90 Å². The highest BCUT2D eigenvalue weighted by Gasteiger charge is 2.26. The van der Waals surface area contributed by atoms with E-state index in [1.54, 1.807) is 39.5 Å². The Morgan fingerprint density at radius 3 is 2.30 bits per heavy atom. The van der Waals surface area contributed by atoms with Crippen LogP contribution in [-0.2, 0) is 6.42 Å². The number of carboxylic acid groups (broad SMARTS) is 1. The first-order valence-electron chi connectivity index (χ1n) is 9.33. The molecule has 3 rings (SSSR count). The minimum Gasteiger partial charge on any atom is -0.495 e. The van der Waals surface area contributed by atoms with E-state index in [1.165, 1.54) is 7.11 Å². The average Bonchev–Trinajstić information content (AvgIpc) is 2.90. The monoisotopic (exact) mass is 415 g/mol. The second-order valence-corrected chi connectivity index (χ2v) is 6.70. The molecule has 0 fully saturated rings. The Balaban J connectivity index is 2.25. The number of carbonyl (C=O) groups is 1. The normalized spacial score (nSPS) is 15.4. The molecule has 0 saturated heterocycles. The third-order valence-corrected chi connectivity index (χ3v) is 5.02. The highest BCUT2D eigenvalue weighted by atomic mass is 16.5. The molecular formula is C22H25NO7. The lowest BCUT2D eigenvalue weighted by molar-refractivity contribution is 0.209. The fourth-order valence-electron chi connectivity index (χ4n) is 3.70. The summed E-state index contributed by atoms with van der Waals surface area (Å²) >= 11 is 0. The number of fused-ring (bicyclic) bond motifs is 1. The van der Waals surface area contributed by atoms with E-state index in [1.807, 2.05) is 12.1 Å². The van der Waals surface area contributed by atoms with Crippen LogP contribution in [0.15, 0.2) is 30.3 Å². The lowest BCUT2D eigenvalue weighted by Crippen LogP contribution is -2.09. The largest absolute Gasteiger partial charge is 0.495 e. The number of benzene rings is 2. The number of amides is 1. The number of hydrogen-bond acceptors (Lipinski definition) is 6. The Morgan fingerprint density at radius 1 is 1.00 bits per heavy atom. The van der Waals surface area contributed by atoms with Crippen molar-refractivity contribution in [3.8, 4) is 23.0 Å². The van der Waals surface area contributed by atoms with E-state index < -0.39 is 12.2 Å². The van der Waals surface area contributed by atoms with Crippen LogP contribution in [0.3, 0.4) is 0 Å². The van der Waals surface area contributed by atoms with Gasteiger partial charge in [0.2, 0.25) is 5.75 Å². The highest BCUT2D eigenvalue weighted by Crippen LogP contribution is 2.47. The van der Waals surface area contributed by atoms with Crippen LogP contribution in [-0.4, -0.2) is 50.8 Å². The van der Waals surface area contributed by atoms with Gasteiger partial charge in [-0.25, -0.2) is 4.79 Å². The predicted molar refractivity (Wildman–Crippen MR) is 112 cm³/mol. The van der Waals surface area contributed by atoms with Crippen molar-refractivity contribution < 1.29 is 34.0 Å². The van der Waals surface area contributed by atoms with Gasteiger partial charge in [-0.3, -0.25) is 5.32 Å². The van der Waals surface area contributed by atoms with Crippen molar-refractivity contribution in [3.05, 3.63) is 47.0 Å². The standard InChI is InChI=1S/C22H25NO7/c1-27-18-8-5-12(9-17(18)23-22(25)26)15-10-13(24)6-7-14-16(15)11-19(28-2)21(30-4)20(14)29-3/h5,8-11,13,23-24H,6-7H2,1-4H3,(H,25,26). The molecule has 1 unspecified atom stereocenters. The van der Waals surface area contributed by atoms with Crippen LogP contribution in [0.4, 0.5) is 10.5 Å². The van der Waals surface area contributed by atoms with Gasteiger partial charge in [-0.15, -0.1) is 0 Å². The number of ether oxygens (including phenoxy) is 4. The molecule has 8 nitrogen and oxygen atoms in total. The van der Waals surface area contributed by atoms with Crippen LogP contribution in [0.1, 0.15) is 23.1 Å². The predicted octanol–water partition coefficient (Wildman–Crippen LogP) is 3.55. The molecule has 0 heterocycles. The average molecular weight is 415 g/mol. The second kappa shape index (κ2) is 8.96. The second-order valence-electron chi connectivity index (χ2n) is 6.70. The molecule has 3 N–H and O–H groups in total. The molecule has 160 valence electrons. The van der Waals surface area contributed by atoms with Gasteiger partial charge in [0, 0.05) is 5.56 Å². The van der Waals surface area contributed by atoms with Gasteiger partial charge >= 0.3 is 6.09 Å². The highest BCUT2D eigenvalue weighted by molar-refractivity contribution is 5.90. The minimum atomic E-state index is -1.20. The number of aliphatic hydroxyl groups is 1. The molecule has 1 amide bonds. The Morgan fingerprint density at radius 2 is 1.70 bits per heavy atom. The molecule has 0 aromatic heterocycles. The molecule has 0 spiro atoms. The zero-order valence-corrected chi connectivity index (χ0v) is 17.3. The summed E-state index contributed by atoms with van der Waals surface area (Å²) in [6.07, 6.45) is 0.930. The van der Waals surface area contributed by atoms with Crippen LogP contribution in [0, 0.1) is 0 Å². The Labute approximate surface area is 174 Å². The SMILES string of the molecule is COc1ccc(C2=CC(O)CCc3c2cc(OC)c(OC)c3OC)cc1NC(=O)O. The van der Waals surface area contributed by atoms with Crippen molar-refractivity contribution in [2.75, 3.05) is 33.8 Å². The fraction of sp³-hybridized carbons (Fsp3) is 0.318. The first-order chi connectivity index (χ1) is 14.4. The van der Waals surface area contributed by atoms with Crippen LogP contribution >= 0.6 is 0 Å². The summed E-state index contributed by atoms with van der Waals surface area (Å²) < 4.78 is 21.9. The van der Waals surface area contributed by atoms with Gasteiger partial charge in [0.05, 0.1) is 40.2 Å². The first-order valence-corrected chi connectivity index (χ1v) is 9.33. The summed E-state index contributed by atoms with van der Waals surface area (Å²) in [6, 6.07) is 7.00. The lowest BCUT2D eigenvalue weighted by Gasteiger charge is -2.20. The van der Waals surface area contributed by atoms with Crippen molar-refractivity contribution >= 4 is 17.4 Å². The molecule has 0 saturated carbocycles. The molecule has 1 aliphatic carbocycles. The van der Waals surface area contributed by atoms with Crippen molar-refractivity contribution in [2.45, 2.75) is 18.9 Å². The van der Waals surface area contributed by atoms with E-state index in [0.29, 0.717) is 47.1 Å². The fourth-order valence-corrected chi connectivity index (χ4v) is 3.70. The quantitative estimate of drug-likeness (QED) is 0.662. The van der Waals surface area contributed by atoms with Gasteiger partial charge in [0.15, 0.2) is 11.5 Å². The molecule has 0 radical (unpaired) electrons. The molecule has 1 aliphatic rings. The number of nitrogens with one attached hydrogen (secondary N) is 1. The van der Waals surface area contributed by atoms with Gasteiger partial charge in [0.25, 0.3) is 0 Å². The first kappa shape index (κ1) is 21.3. The number of methoxy groups -OCH3 is 4. The van der Waals surface area contributed by atoms with E-state index >= 15 is 0 Å². The maximum Gasteiger partial charge on any atom is 0.409 e. The lowest BCUT2D eigenvalue weighted by atomic mass is 9.92. The zero-order chi connectivity index (χ0) is 21.8. The van der Waals surface area contributed by atoms with Gasteiger partial charge in [-0.2, -0.15) is 0 Å². The van der Waals surface area contributed by atoms with E-state index in [2.05, 4.69) is 5.32 Å². The topological polar surface area (TPSA) is 106 Å². The minimum absolute atomic E-state index is 0.302. The van der Waals surface area contributed by atoms with Crippen LogP contribution < -0.4 is 24.3 Å². The van der Waals surface area contributed by atoms with E-state index in [-0.39, 0.29) is 0 Å². The van der Waals surface area contributed by atoms with Crippen LogP contribution in [0.5, 0.6) is 23.0 Å². The van der Waals surface area contributed by atoms with Crippen molar-refractivity contribution in [3.63, 3.8) is 0 Å². The third kappa shape index (κ3) is 3.99. The summed E-state index contributed by atoms with van der Waals surface area (Å²) in [4.78, 5) is 11.2. The summed E-state index contributed by atoms with van der Waals surface area (Å²) in [5, 5.41) is 22.0. The van der Waals surface area contributed by atoms with Crippen molar-refractivity contribution in [1.82, 2.24) is 0 Å². The molecule has 0 aliphatic heterocycles. The number of rotatable bonds is 6. The molecular weight excluding hydrogens is 390 g/mol. The van der Waals surface area contributed by atoms with E-state index in [0.717, 1.165) is 16.7 Å². The third-order valence-electron chi connectivity index (χ3n) is 5.02. The van der Waals surface area contributed by atoms with Crippen molar-refractivity contribution in [2.24, 2.45) is 0 Å². The molecule has 0 bridgehead atoms. The van der Waals surface area contributed by atoms with Crippen LogP contribution in [0.25, 0.3) is 5.57 Å². The molecule has 30 heavy (non-hydrogen) atoms. The maximum atomic E-state index is 11.2. The van der Waals surface area contributed by atoms with Gasteiger partial charge < -0.3 is 29.2 Å². The summed E-state index contributed by atoms with van der Waals surface area (Å²) in [5.41, 5.74) is 3.42. The van der Waals surface area contributed by atoms with Gasteiger partial charge in [-0.05, 0) is 53.8 Å². The molecule has 2 aromatic carbocycles. The van der Waals surface area contributed by atoms with Gasteiger partial charge in [-0.1, -0.05) is 6.07 Å². The molecule has 1 atom stereocenters. The number of aliphatic hydroxyl groups excluding tert-OH is 1. The van der Waals surface area contributed by atoms with Crippen LogP contribution in [0.2, 0.25) is 0 Å². The smallest absolute Gasteiger partial charge is 0.409 e. The van der Waals surface area contributed by atoms with Crippen molar-refractivity contribution in [1.29, 1.82) is 0 Å². The summed E-state index contributed by atoms with van der Waals surface area (Å²) in [5.74, 6) is 1.91. The Hall–Kier alpha value is -3.39. The van der Waals surface area contributed by atoms with Gasteiger partial charge in [0.1, 0.15) is 5.75 Å². The Bertz CT molecular complexity index is 984. The Kier molecular flexibility index (Phi) is 6.37. The summed E-state index contributed by atoms with van der Waals surface area (Å²) in [6.45, 7) is 0. The molecule has 2 aromatic rings.